The minimum Gasteiger partial charge on any atom is -0.368 e. The van der Waals surface area contributed by atoms with Crippen LogP contribution in [-0.4, -0.2) is 68.8 Å². The van der Waals surface area contributed by atoms with Gasteiger partial charge < -0.3 is 9.64 Å². The number of ether oxygens (including phenoxy) is 1. The Hall–Kier alpha value is -2.76. The van der Waals surface area contributed by atoms with Crippen LogP contribution in [-0.2, 0) is 24.2 Å². The van der Waals surface area contributed by atoms with Gasteiger partial charge in [-0.05, 0) is 47.6 Å². The summed E-state index contributed by atoms with van der Waals surface area (Å²) in [6.45, 7) is 3.81. The minimum atomic E-state index is -4.70. The maximum atomic E-state index is 14.3. The largest absolute Gasteiger partial charge is 0.407 e. The third kappa shape index (κ3) is 6.10. The van der Waals surface area contributed by atoms with Crippen molar-refractivity contribution in [2.24, 2.45) is 5.92 Å². The molecule has 2 fully saturated rings. The SMILES string of the molecule is CC(C)C[C@H](N[C@@H](c1ccc(-c2cccc(S(C)(=O)=O)c2)cc1)C(F)(F)F)C(=O)N1CC[C@H]2OCC(=O)[C@H]21. The van der Waals surface area contributed by atoms with Crippen molar-refractivity contribution in [2.75, 3.05) is 19.4 Å². The molecule has 7 nitrogen and oxygen atoms in total. The van der Waals surface area contributed by atoms with Gasteiger partial charge in [-0.25, -0.2) is 8.42 Å². The highest BCUT2D eigenvalue weighted by atomic mass is 32.2. The molecule has 206 valence electrons. The second-order valence-corrected chi connectivity index (χ2v) is 12.3. The molecule has 0 saturated carbocycles. The number of alkyl halides is 3. The Labute approximate surface area is 220 Å². The lowest BCUT2D eigenvalue weighted by Crippen LogP contribution is -2.53. The number of halogens is 3. The van der Waals surface area contributed by atoms with Crippen molar-refractivity contribution < 1.29 is 35.9 Å². The predicted molar refractivity (Wildman–Crippen MR) is 135 cm³/mol. The van der Waals surface area contributed by atoms with E-state index in [9.17, 15) is 31.2 Å². The van der Waals surface area contributed by atoms with E-state index < -0.39 is 46.2 Å². The molecule has 2 aromatic rings. The normalized spacial score (nSPS) is 21.6. The summed E-state index contributed by atoms with van der Waals surface area (Å²) in [5.41, 5.74) is 1.02. The third-order valence-corrected chi connectivity index (χ3v) is 8.05. The smallest absolute Gasteiger partial charge is 0.368 e. The van der Waals surface area contributed by atoms with Gasteiger partial charge in [0.25, 0.3) is 0 Å². The van der Waals surface area contributed by atoms with E-state index in [-0.39, 0.29) is 41.7 Å². The number of benzene rings is 2. The van der Waals surface area contributed by atoms with Crippen LogP contribution in [0.4, 0.5) is 13.2 Å². The molecule has 0 aromatic heterocycles. The Morgan fingerprint density at radius 1 is 1.13 bits per heavy atom. The fraction of sp³-hybridized carbons (Fsp3) is 0.481. The lowest BCUT2D eigenvalue weighted by molar-refractivity contribution is -0.163. The molecular formula is C27H31F3N2O5S. The summed E-state index contributed by atoms with van der Waals surface area (Å²) in [7, 11) is -3.45. The lowest BCUT2D eigenvalue weighted by atomic mass is 9.97. The standard InChI is InChI=1S/C27H31F3N2O5S/c1-16(2)13-21(26(34)32-12-11-23-24(32)22(33)15-37-23)31-25(27(28,29)30)18-9-7-17(8-10-18)19-5-4-6-20(14-19)38(3,35)36/h4-10,14,16,21,23-25,31H,11-13,15H2,1-3H3/t21-,23+,24+,25-/m0/s1. The molecule has 1 N–H and O–H groups in total. The zero-order chi connectivity index (χ0) is 27.8. The summed E-state index contributed by atoms with van der Waals surface area (Å²) in [4.78, 5) is 27.2. The number of hydrogen-bond acceptors (Lipinski definition) is 6. The van der Waals surface area contributed by atoms with Crippen molar-refractivity contribution in [2.45, 2.75) is 62.0 Å². The Morgan fingerprint density at radius 3 is 2.42 bits per heavy atom. The zero-order valence-electron chi connectivity index (χ0n) is 21.4. The van der Waals surface area contributed by atoms with Gasteiger partial charge in [0.15, 0.2) is 15.6 Å². The van der Waals surface area contributed by atoms with E-state index in [0.29, 0.717) is 17.5 Å². The monoisotopic (exact) mass is 552 g/mol. The molecule has 2 aromatic carbocycles. The second-order valence-electron chi connectivity index (χ2n) is 10.3. The average molecular weight is 553 g/mol. The Balaban J connectivity index is 1.60. The van der Waals surface area contributed by atoms with Crippen LogP contribution in [0.15, 0.2) is 53.4 Å². The Kier molecular flexibility index (Phi) is 8.02. The molecule has 2 heterocycles. The van der Waals surface area contributed by atoms with Crippen LogP contribution in [0.2, 0.25) is 0 Å². The number of amides is 1. The van der Waals surface area contributed by atoms with E-state index in [1.165, 1.54) is 41.3 Å². The van der Waals surface area contributed by atoms with Gasteiger partial charge in [-0.3, -0.25) is 14.9 Å². The number of nitrogens with zero attached hydrogens (tertiary/aromatic N) is 1. The molecule has 2 aliphatic rings. The van der Waals surface area contributed by atoms with Crippen molar-refractivity contribution in [1.29, 1.82) is 0 Å². The molecule has 0 aliphatic carbocycles. The second kappa shape index (κ2) is 10.8. The number of sulfone groups is 1. The van der Waals surface area contributed by atoms with Crippen LogP contribution in [0.3, 0.4) is 0 Å². The molecule has 4 atom stereocenters. The molecule has 0 spiro atoms. The number of carbonyl (C=O) groups excluding carboxylic acids is 2. The molecule has 0 radical (unpaired) electrons. The lowest BCUT2D eigenvalue weighted by Gasteiger charge is -2.32. The number of hydrogen-bond donors (Lipinski definition) is 1. The first-order chi connectivity index (χ1) is 17.8. The van der Waals surface area contributed by atoms with Crippen LogP contribution >= 0.6 is 0 Å². The van der Waals surface area contributed by atoms with Gasteiger partial charge in [-0.1, -0.05) is 50.2 Å². The number of nitrogens with one attached hydrogen (secondary N) is 1. The number of Topliss-reactive ketones (excluding diaryl/α,β-unsaturated/α-hetero) is 1. The molecule has 11 heteroatoms. The van der Waals surface area contributed by atoms with Gasteiger partial charge in [0.2, 0.25) is 5.91 Å². The van der Waals surface area contributed by atoms with E-state index in [2.05, 4.69) is 5.32 Å². The first-order valence-corrected chi connectivity index (χ1v) is 14.3. The van der Waals surface area contributed by atoms with E-state index in [1.807, 2.05) is 13.8 Å². The summed E-state index contributed by atoms with van der Waals surface area (Å²) >= 11 is 0. The topological polar surface area (TPSA) is 92.8 Å². The third-order valence-electron chi connectivity index (χ3n) is 6.94. The van der Waals surface area contributed by atoms with Crippen LogP contribution in [0, 0.1) is 5.92 Å². The van der Waals surface area contributed by atoms with Gasteiger partial charge in [0.1, 0.15) is 18.7 Å². The molecule has 2 saturated heterocycles. The summed E-state index contributed by atoms with van der Waals surface area (Å²) in [5.74, 6) is -0.843. The zero-order valence-corrected chi connectivity index (χ0v) is 22.2. The first-order valence-electron chi connectivity index (χ1n) is 12.4. The average Bonchev–Trinajstić information content (AvgIpc) is 3.43. The number of ketones is 1. The van der Waals surface area contributed by atoms with Crippen molar-refractivity contribution in [3.8, 4) is 11.1 Å². The van der Waals surface area contributed by atoms with Crippen LogP contribution in [0.5, 0.6) is 0 Å². The molecule has 4 rings (SSSR count). The highest BCUT2D eigenvalue weighted by Crippen LogP contribution is 2.36. The van der Waals surface area contributed by atoms with Gasteiger partial charge >= 0.3 is 6.18 Å². The minimum absolute atomic E-state index is 0.0799. The van der Waals surface area contributed by atoms with Crippen LogP contribution < -0.4 is 5.32 Å². The van der Waals surface area contributed by atoms with E-state index in [0.717, 1.165) is 6.26 Å². The van der Waals surface area contributed by atoms with Gasteiger partial charge in [-0.2, -0.15) is 13.2 Å². The fourth-order valence-electron chi connectivity index (χ4n) is 5.11. The molecule has 0 unspecified atom stereocenters. The van der Waals surface area contributed by atoms with E-state index >= 15 is 0 Å². The molecule has 2 aliphatic heterocycles. The van der Waals surface area contributed by atoms with E-state index in [1.54, 1.807) is 12.1 Å². The van der Waals surface area contributed by atoms with Crippen molar-refractivity contribution >= 4 is 21.5 Å². The summed E-state index contributed by atoms with van der Waals surface area (Å²) in [5, 5.41) is 2.55. The fourth-order valence-corrected chi connectivity index (χ4v) is 5.78. The number of rotatable bonds is 8. The van der Waals surface area contributed by atoms with E-state index in [4.69, 9.17) is 4.74 Å². The number of likely N-dealkylation sites (tertiary alicyclic amines) is 1. The maximum absolute atomic E-state index is 14.3. The van der Waals surface area contributed by atoms with Crippen molar-refractivity contribution in [3.63, 3.8) is 0 Å². The number of carbonyl (C=O) groups is 2. The molecule has 38 heavy (non-hydrogen) atoms. The quantitative estimate of drug-likeness (QED) is 0.534. The molecule has 0 bridgehead atoms. The first kappa shape index (κ1) is 28.3. The maximum Gasteiger partial charge on any atom is 0.407 e. The van der Waals surface area contributed by atoms with Crippen molar-refractivity contribution in [3.05, 3.63) is 54.1 Å². The van der Waals surface area contributed by atoms with Gasteiger partial charge in [0, 0.05) is 12.8 Å². The van der Waals surface area contributed by atoms with Crippen LogP contribution in [0.1, 0.15) is 38.3 Å². The summed E-state index contributed by atoms with van der Waals surface area (Å²) < 4.78 is 72.1. The van der Waals surface area contributed by atoms with Gasteiger partial charge in [0.05, 0.1) is 17.0 Å². The van der Waals surface area contributed by atoms with Gasteiger partial charge in [-0.15, -0.1) is 0 Å². The van der Waals surface area contributed by atoms with Crippen LogP contribution in [0.25, 0.3) is 11.1 Å². The summed E-state index contributed by atoms with van der Waals surface area (Å²) in [6, 6.07) is 7.80. The Bertz CT molecular complexity index is 1290. The molecule has 1 amide bonds. The highest BCUT2D eigenvalue weighted by Gasteiger charge is 2.49. The van der Waals surface area contributed by atoms with Crippen molar-refractivity contribution in [1.82, 2.24) is 10.2 Å². The predicted octanol–water partition coefficient (Wildman–Crippen LogP) is 3.93. The summed E-state index contributed by atoms with van der Waals surface area (Å²) in [6.07, 6.45) is -3.39. The number of fused-ring (bicyclic) bond motifs is 1. The highest BCUT2D eigenvalue weighted by molar-refractivity contribution is 7.90. The molecular weight excluding hydrogens is 521 g/mol. The Morgan fingerprint density at radius 2 is 1.82 bits per heavy atom.